The maximum absolute atomic E-state index is 5.25. The fourth-order valence-corrected chi connectivity index (χ4v) is 1.93. The highest BCUT2D eigenvalue weighted by molar-refractivity contribution is 5.49. The number of benzene rings is 1. The molecule has 106 valence electrons. The third kappa shape index (κ3) is 2.99. The Morgan fingerprint density at radius 3 is 2.20 bits per heavy atom. The maximum atomic E-state index is 5.25. The van der Waals surface area contributed by atoms with Crippen LogP contribution in [0.15, 0.2) is 24.5 Å². The summed E-state index contributed by atoms with van der Waals surface area (Å²) in [5, 5.41) is 3.34. The van der Waals surface area contributed by atoms with Crippen molar-refractivity contribution in [2.24, 2.45) is 0 Å². The molecule has 0 unspecified atom stereocenters. The number of aryl methyl sites for hydroxylation is 2. The van der Waals surface area contributed by atoms with Gasteiger partial charge in [-0.1, -0.05) is 6.07 Å². The molecule has 0 aliphatic carbocycles. The van der Waals surface area contributed by atoms with Crippen LogP contribution in [-0.4, -0.2) is 24.2 Å². The summed E-state index contributed by atoms with van der Waals surface area (Å²) in [6.07, 6.45) is 1.43. The van der Waals surface area contributed by atoms with Crippen molar-refractivity contribution in [3.63, 3.8) is 0 Å². The number of ether oxygens (including phenoxy) is 2. The fourth-order valence-electron chi connectivity index (χ4n) is 1.93. The Labute approximate surface area is 119 Å². The molecule has 5 heteroatoms. The van der Waals surface area contributed by atoms with Gasteiger partial charge in [0.1, 0.15) is 6.33 Å². The lowest BCUT2D eigenvalue weighted by molar-refractivity contribution is 0.363. The molecule has 0 saturated carbocycles. The van der Waals surface area contributed by atoms with Crippen molar-refractivity contribution >= 4 is 5.69 Å². The average Bonchev–Trinajstić information content (AvgIpc) is 2.48. The highest BCUT2D eigenvalue weighted by atomic mass is 16.5. The quantitative estimate of drug-likeness (QED) is 0.907. The molecule has 20 heavy (non-hydrogen) atoms. The van der Waals surface area contributed by atoms with E-state index in [4.69, 9.17) is 9.47 Å². The summed E-state index contributed by atoms with van der Waals surface area (Å²) in [5.74, 6) is 1.04. The van der Waals surface area contributed by atoms with Crippen LogP contribution in [0.25, 0.3) is 0 Å². The van der Waals surface area contributed by atoms with Gasteiger partial charge in [0, 0.05) is 5.69 Å². The van der Waals surface area contributed by atoms with Crippen LogP contribution in [0, 0.1) is 13.8 Å². The van der Waals surface area contributed by atoms with Crippen LogP contribution in [0.4, 0.5) is 5.69 Å². The van der Waals surface area contributed by atoms with Crippen LogP contribution >= 0.6 is 0 Å². The second-order valence-corrected chi connectivity index (χ2v) is 4.52. The van der Waals surface area contributed by atoms with Gasteiger partial charge in [0.15, 0.2) is 0 Å². The average molecular weight is 273 g/mol. The van der Waals surface area contributed by atoms with Crippen molar-refractivity contribution in [2.45, 2.75) is 20.4 Å². The molecular formula is C15H19N3O2. The molecule has 5 nitrogen and oxygen atoms in total. The van der Waals surface area contributed by atoms with E-state index in [-0.39, 0.29) is 0 Å². The van der Waals surface area contributed by atoms with Crippen LogP contribution in [-0.2, 0) is 6.54 Å². The normalized spacial score (nSPS) is 10.2. The highest BCUT2D eigenvalue weighted by Crippen LogP contribution is 2.24. The smallest absolute Gasteiger partial charge is 0.225 e. The molecule has 2 aromatic rings. The monoisotopic (exact) mass is 273 g/mol. The molecule has 0 saturated heterocycles. The molecule has 0 aliphatic rings. The minimum atomic E-state index is 0.521. The topological polar surface area (TPSA) is 56.3 Å². The van der Waals surface area contributed by atoms with Gasteiger partial charge in [-0.15, -0.1) is 0 Å². The van der Waals surface area contributed by atoms with E-state index >= 15 is 0 Å². The van der Waals surface area contributed by atoms with Crippen molar-refractivity contribution in [3.8, 4) is 11.8 Å². The van der Waals surface area contributed by atoms with E-state index in [0.717, 1.165) is 11.3 Å². The first kappa shape index (κ1) is 14.1. The van der Waals surface area contributed by atoms with Crippen LogP contribution in [0.3, 0.4) is 0 Å². The second kappa shape index (κ2) is 6.23. The molecule has 0 amide bonds. The molecule has 0 bridgehead atoms. The van der Waals surface area contributed by atoms with Crippen LogP contribution < -0.4 is 14.8 Å². The summed E-state index contributed by atoms with van der Waals surface area (Å²) >= 11 is 0. The molecule has 0 fully saturated rings. The fraction of sp³-hybridized carbons (Fsp3) is 0.333. The summed E-state index contributed by atoms with van der Waals surface area (Å²) in [5.41, 5.74) is 4.36. The highest BCUT2D eigenvalue weighted by Gasteiger charge is 2.12. The molecule has 0 spiro atoms. The predicted octanol–water partition coefficient (Wildman–Crippen LogP) is 2.72. The number of hydrogen-bond acceptors (Lipinski definition) is 5. The van der Waals surface area contributed by atoms with Crippen molar-refractivity contribution in [1.29, 1.82) is 0 Å². The van der Waals surface area contributed by atoms with Gasteiger partial charge in [0.2, 0.25) is 11.8 Å². The van der Waals surface area contributed by atoms with Gasteiger partial charge in [0.05, 0.1) is 26.3 Å². The number of rotatable bonds is 5. The predicted molar refractivity (Wildman–Crippen MR) is 78.4 cm³/mol. The van der Waals surface area contributed by atoms with Crippen molar-refractivity contribution in [1.82, 2.24) is 9.97 Å². The first-order valence-corrected chi connectivity index (χ1v) is 6.38. The first-order valence-electron chi connectivity index (χ1n) is 6.38. The second-order valence-electron chi connectivity index (χ2n) is 4.52. The molecule has 0 aliphatic heterocycles. The molecule has 1 heterocycles. The molecule has 0 radical (unpaired) electrons. The van der Waals surface area contributed by atoms with Gasteiger partial charge >= 0.3 is 0 Å². The Kier molecular flexibility index (Phi) is 4.40. The lowest BCUT2D eigenvalue weighted by Crippen LogP contribution is -2.07. The van der Waals surface area contributed by atoms with Crippen LogP contribution in [0.1, 0.15) is 16.7 Å². The maximum Gasteiger partial charge on any atom is 0.225 e. The Bertz CT molecular complexity index is 577. The van der Waals surface area contributed by atoms with Gasteiger partial charge in [0.25, 0.3) is 0 Å². The zero-order valence-corrected chi connectivity index (χ0v) is 12.2. The van der Waals surface area contributed by atoms with Gasteiger partial charge < -0.3 is 14.8 Å². The zero-order valence-electron chi connectivity index (χ0n) is 12.2. The van der Waals surface area contributed by atoms with E-state index in [1.54, 1.807) is 14.2 Å². The number of nitrogens with one attached hydrogen (secondary N) is 1. The summed E-state index contributed by atoms with van der Waals surface area (Å²) in [7, 11) is 3.17. The molecule has 1 N–H and O–H groups in total. The van der Waals surface area contributed by atoms with Crippen molar-refractivity contribution in [3.05, 3.63) is 41.2 Å². The van der Waals surface area contributed by atoms with E-state index in [2.05, 4.69) is 41.3 Å². The van der Waals surface area contributed by atoms with Gasteiger partial charge in [-0.05, 0) is 37.1 Å². The lowest BCUT2D eigenvalue weighted by atomic mass is 10.1. The van der Waals surface area contributed by atoms with Gasteiger partial charge in [-0.2, -0.15) is 0 Å². The third-order valence-corrected chi connectivity index (χ3v) is 3.23. The Morgan fingerprint density at radius 2 is 1.65 bits per heavy atom. The van der Waals surface area contributed by atoms with E-state index in [1.807, 2.05) is 6.07 Å². The minimum Gasteiger partial charge on any atom is -0.481 e. The molecule has 1 aromatic carbocycles. The lowest BCUT2D eigenvalue weighted by Gasteiger charge is -2.13. The standard InChI is InChI=1S/C15H19N3O2/c1-10-5-6-12(7-11(10)2)16-8-13-14(19-3)17-9-18-15(13)20-4/h5-7,9,16H,8H2,1-4H3. The summed E-state index contributed by atoms with van der Waals surface area (Å²) in [4.78, 5) is 8.19. The molecule has 0 atom stereocenters. The molecule has 2 rings (SSSR count). The van der Waals surface area contributed by atoms with Gasteiger partial charge in [-0.25, -0.2) is 9.97 Å². The number of methoxy groups -OCH3 is 2. The summed E-state index contributed by atoms with van der Waals surface area (Å²) in [6.45, 7) is 4.72. The number of anilines is 1. The van der Waals surface area contributed by atoms with Crippen molar-refractivity contribution in [2.75, 3.05) is 19.5 Å². The van der Waals surface area contributed by atoms with Gasteiger partial charge in [-0.3, -0.25) is 0 Å². The van der Waals surface area contributed by atoms with Crippen molar-refractivity contribution < 1.29 is 9.47 Å². The van der Waals surface area contributed by atoms with Crippen LogP contribution in [0.5, 0.6) is 11.8 Å². The van der Waals surface area contributed by atoms with Crippen LogP contribution in [0.2, 0.25) is 0 Å². The minimum absolute atomic E-state index is 0.521. The first-order chi connectivity index (χ1) is 9.65. The van der Waals surface area contributed by atoms with E-state index in [0.29, 0.717) is 18.3 Å². The largest absolute Gasteiger partial charge is 0.481 e. The Morgan fingerprint density at radius 1 is 1.00 bits per heavy atom. The molecular weight excluding hydrogens is 254 g/mol. The van der Waals surface area contributed by atoms with E-state index in [1.165, 1.54) is 17.5 Å². The summed E-state index contributed by atoms with van der Waals surface area (Å²) < 4.78 is 10.5. The Balaban J connectivity index is 2.19. The number of hydrogen-bond donors (Lipinski definition) is 1. The number of aromatic nitrogens is 2. The van der Waals surface area contributed by atoms with E-state index < -0.39 is 0 Å². The molecule has 1 aromatic heterocycles. The van der Waals surface area contributed by atoms with E-state index in [9.17, 15) is 0 Å². The Hall–Kier alpha value is -2.30. The zero-order chi connectivity index (χ0) is 14.5. The SMILES string of the molecule is COc1ncnc(OC)c1CNc1ccc(C)c(C)c1. The third-order valence-electron chi connectivity index (χ3n) is 3.23. The number of nitrogens with zero attached hydrogens (tertiary/aromatic N) is 2. The summed E-state index contributed by atoms with van der Waals surface area (Å²) in [6, 6.07) is 6.25.